The van der Waals surface area contributed by atoms with Crippen LogP contribution in [0.15, 0.2) is 0 Å². The molecular formula is C13H29NO3. The maximum absolute atomic E-state index is 9.55. The summed E-state index contributed by atoms with van der Waals surface area (Å²) in [6, 6.07) is 0. The van der Waals surface area contributed by atoms with Gasteiger partial charge in [-0.2, -0.15) is 0 Å². The highest BCUT2D eigenvalue weighted by atomic mass is 16.5. The lowest BCUT2D eigenvalue weighted by Gasteiger charge is -2.14. The van der Waals surface area contributed by atoms with E-state index in [0.717, 1.165) is 26.2 Å². The quantitative estimate of drug-likeness (QED) is 0.542. The van der Waals surface area contributed by atoms with Gasteiger partial charge < -0.3 is 19.9 Å². The van der Waals surface area contributed by atoms with Gasteiger partial charge in [0, 0.05) is 19.8 Å². The SMILES string of the molecule is CC(C)COCCCNCC(O)COC(C)C. The average Bonchev–Trinajstić information content (AvgIpc) is 2.24. The summed E-state index contributed by atoms with van der Waals surface area (Å²) in [7, 11) is 0. The molecule has 0 aromatic carbocycles. The molecule has 0 aromatic heterocycles. The minimum absolute atomic E-state index is 0.175. The normalized spacial score (nSPS) is 13.6. The van der Waals surface area contributed by atoms with E-state index in [0.29, 0.717) is 19.1 Å². The molecule has 0 saturated heterocycles. The predicted molar refractivity (Wildman–Crippen MR) is 70.2 cm³/mol. The molecular weight excluding hydrogens is 218 g/mol. The molecule has 104 valence electrons. The Labute approximate surface area is 106 Å². The van der Waals surface area contributed by atoms with Crippen molar-refractivity contribution in [3.63, 3.8) is 0 Å². The molecule has 4 nitrogen and oxygen atoms in total. The van der Waals surface area contributed by atoms with E-state index in [-0.39, 0.29) is 6.10 Å². The number of hydrogen-bond acceptors (Lipinski definition) is 4. The van der Waals surface area contributed by atoms with Crippen molar-refractivity contribution in [2.75, 3.05) is 32.9 Å². The molecule has 0 saturated carbocycles. The Bertz CT molecular complexity index is 163. The van der Waals surface area contributed by atoms with E-state index < -0.39 is 6.10 Å². The molecule has 4 heteroatoms. The van der Waals surface area contributed by atoms with Crippen LogP contribution < -0.4 is 5.32 Å². The fraction of sp³-hybridized carbons (Fsp3) is 1.00. The Balaban J connectivity index is 3.16. The summed E-state index contributed by atoms with van der Waals surface area (Å²) in [5, 5.41) is 12.7. The Morgan fingerprint density at radius 1 is 1.12 bits per heavy atom. The number of ether oxygens (including phenoxy) is 2. The summed E-state index contributed by atoms with van der Waals surface area (Å²) in [6.07, 6.45) is 0.730. The van der Waals surface area contributed by atoms with Crippen molar-refractivity contribution in [1.29, 1.82) is 0 Å². The van der Waals surface area contributed by atoms with E-state index in [1.165, 1.54) is 0 Å². The van der Waals surface area contributed by atoms with Gasteiger partial charge in [-0.15, -0.1) is 0 Å². The van der Waals surface area contributed by atoms with E-state index >= 15 is 0 Å². The zero-order valence-electron chi connectivity index (χ0n) is 11.7. The number of aliphatic hydroxyl groups excluding tert-OH is 1. The van der Waals surface area contributed by atoms with Crippen molar-refractivity contribution in [2.24, 2.45) is 5.92 Å². The maximum atomic E-state index is 9.55. The molecule has 0 amide bonds. The van der Waals surface area contributed by atoms with Gasteiger partial charge in [0.2, 0.25) is 0 Å². The van der Waals surface area contributed by atoms with Gasteiger partial charge in [-0.05, 0) is 32.7 Å². The van der Waals surface area contributed by atoms with Crippen LogP contribution in [-0.2, 0) is 9.47 Å². The molecule has 2 N–H and O–H groups in total. The van der Waals surface area contributed by atoms with Crippen LogP contribution in [0.4, 0.5) is 0 Å². The van der Waals surface area contributed by atoms with Crippen LogP contribution in [0, 0.1) is 5.92 Å². The molecule has 0 aromatic rings. The van der Waals surface area contributed by atoms with Gasteiger partial charge in [0.25, 0.3) is 0 Å². The first-order chi connectivity index (χ1) is 8.02. The highest BCUT2D eigenvalue weighted by Crippen LogP contribution is 1.93. The van der Waals surface area contributed by atoms with E-state index in [1.807, 2.05) is 13.8 Å². The molecule has 0 aliphatic heterocycles. The largest absolute Gasteiger partial charge is 0.389 e. The van der Waals surface area contributed by atoms with E-state index in [9.17, 15) is 5.11 Å². The fourth-order valence-electron chi connectivity index (χ4n) is 1.25. The monoisotopic (exact) mass is 247 g/mol. The molecule has 17 heavy (non-hydrogen) atoms. The summed E-state index contributed by atoms with van der Waals surface area (Å²) >= 11 is 0. The number of rotatable bonds is 11. The topological polar surface area (TPSA) is 50.7 Å². The van der Waals surface area contributed by atoms with Crippen LogP contribution in [0.25, 0.3) is 0 Å². The Kier molecular flexibility index (Phi) is 10.9. The zero-order chi connectivity index (χ0) is 13.1. The standard InChI is InChI=1S/C13H29NO3/c1-11(2)9-16-7-5-6-14-8-13(15)10-17-12(3)4/h11-15H,5-10H2,1-4H3. The number of hydrogen-bond donors (Lipinski definition) is 2. The van der Waals surface area contributed by atoms with E-state index in [2.05, 4.69) is 19.2 Å². The van der Waals surface area contributed by atoms with Gasteiger partial charge in [0.15, 0.2) is 0 Å². The van der Waals surface area contributed by atoms with Crippen LogP contribution >= 0.6 is 0 Å². The molecule has 1 unspecified atom stereocenters. The molecule has 0 aliphatic carbocycles. The smallest absolute Gasteiger partial charge is 0.0897 e. The van der Waals surface area contributed by atoms with Crippen LogP contribution in [0.5, 0.6) is 0 Å². The Morgan fingerprint density at radius 2 is 1.82 bits per heavy atom. The Hall–Kier alpha value is -0.160. The third-order valence-electron chi connectivity index (χ3n) is 2.10. The van der Waals surface area contributed by atoms with E-state index in [1.54, 1.807) is 0 Å². The van der Waals surface area contributed by atoms with Crippen molar-refractivity contribution >= 4 is 0 Å². The molecule has 0 aliphatic rings. The van der Waals surface area contributed by atoms with Crippen LogP contribution in [-0.4, -0.2) is 50.2 Å². The van der Waals surface area contributed by atoms with Crippen molar-refractivity contribution in [1.82, 2.24) is 5.32 Å². The van der Waals surface area contributed by atoms with Gasteiger partial charge in [-0.3, -0.25) is 0 Å². The van der Waals surface area contributed by atoms with Crippen molar-refractivity contribution in [2.45, 2.75) is 46.3 Å². The van der Waals surface area contributed by atoms with Crippen molar-refractivity contribution in [3.8, 4) is 0 Å². The first-order valence-electron chi connectivity index (χ1n) is 6.60. The highest BCUT2D eigenvalue weighted by Gasteiger charge is 2.04. The van der Waals surface area contributed by atoms with Gasteiger partial charge in [-0.25, -0.2) is 0 Å². The molecule has 0 spiro atoms. The third kappa shape index (κ3) is 13.8. The summed E-state index contributed by atoms with van der Waals surface area (Å²) in [6.45, 7) is 11.7. The number of nitrogens with one attached hydrogen (secondary N) is 1. The summed E-state index contributed by atoms with van der Waals surface area (Å²) in [5.74, 6) is 0.595. The van der Waals surface area contributed by atoms with E-state index in [4.69, 9.17) is 9.47 Å². The predicted octanol–water partition coefficient (Wildman–Crippen LogP) is 1.42. The summed E-state index contributed by atoms with van der Waals surface area (Å²) in [5.41, 5.74) is 0. The van der Waals surface area contributed by atoms with Crippen LogP contribution in [0.1, 0.15) is 34.1 Å². The first kappa shape index (κ1) is 16.8. The lowest BCUT2D eigenvalue weighted by molar-refractivity contribution is 0.00623. The zero-order valence-corrected chi connectivity index (χ0v) is 11.7. The van der Waals surface area contributed by atoms with Gasteiger partial charge >= 0.3 is 0 Å². The van der Waals surface area contributed by atoms with Crippen LogP contribution in [0.2, 0.25) is 0 Å². The van der Waals surface area contributed by atoms with Gasteiger partial charge in [0.05, 0.1) is 18.8 Å². The lowest BCUT2D eigenvalue weighted by atomic mass is 10.2. The molecule has 1 atom stereocenters. The molecule has 0 radical (unpaired) electrons. The first-order valence-corrected chi connectivity index (χ1v) is 6.60. The molecule has 0 fully saturated rings. The second-order valence-corrected chi connectivity index (χ2v) is 5.06. The van der Waals surface area contributed by atoms with Crippen molar-refractivity contribution < 1.29 is 14.6 Å². The molecule has 0 bridgehead atoms. The van der Waals surface area contributed by atoms with Gasteiger partial charge in [-0.1, -0.05) is 13.8 Å². The summed E-state index contributed by atoms with van der Waals surface area (Å²) in [4.78, 5) is 0. The second kappa shape index (κ2) is 11.0. The second-order valence-electron chi connectivity index (χ2n) is 5.06. The maximum Gasteiger partial charge on any atom is 0.0897 e. The van der Waals surface area contributed by atoms with Crippen molar-refractivity contribution in [3.05, 3.63) is 0 Å². The van der Waals surface area contributed by atoms with Crippen LogP contribution in [0.3, 0.4) is 0 Å². The van der Waals surface area contributed by atoms with Gasteiger partial charge in [0.1, 0.15) is 0 Å². The molecule has 0 rings (SSSR count). The minimum atomic E-state index is -0.422. The fourth-order valence-corrected chi connectivity index (χ4v) is 1.25. The summed E-state index contributed by atoms with van der Waals surface area (Å²) < 4.78 is 10.8. The average molecular weight is 247 g/mol. The third-order valence-corrected chi connectivity index (χ3v) is 2.10. The number of aliphatic hydroxyl groups is 1. The Morgan fingerprint density at radius 3 is 2.41 bits per heavy atom. The highest BCUT2D eigenvalue weighted by molar-refractivity contribution is 4.59. The lowest BCUT2D eigenvalue weighted by Crippen LogP contribution is -2.32. The molecule has 0 heterocycles. The minimum Gasteiger partial charge on any atom is -0.389 e.